The Morgan fingerprint density at radius 3 is 2.47 bits per heavy atom. The van der Waals surface area contributed by atoms with Gasteiger partial charge in [0.05, 0.1) is 17.8 Å². The van der Waals surface area contributed by atoms with Crippen molar-refractivity contribution in [1.82, 2.24) is 24.9 Å². The maximum absolute atomic E-state index is 6.56. The smallest absolute Gasteiger partial charge is 0.170 e. The number of nitrogens with zero attached hydrogens (tertiary/aromatic N) is 4. The standard InChI is InChI=1S/C28H28N6/c1-2-30-18-25-32-33-27-23-17-22(19-7-4-3-5-8-19)26(31-24(23)13-16-34(25)27)20-9-11-21(12-10-20)28(29)14-6-15-28/h3-5,7-13,16-17,30H,2,6,14-15,18,29H2,1H3. The summed E-state index contributed by atoms with van der Waals surface area (Å²) >= 11 is 0. The molecule has 1 aliphatic rings. The molecule has 6 nitrogen and oxygen atoms in total. The Hall–Kier alpha value is -3.61. The van der Waals surface area contributed by atoms with E-state index in [4.69, 9.17) is 10.7 Å². The van der Waals surface area contributed by atoms with Crippen LogP contribution in [0.25, 0.3) is 38.9 Å². The van der Waals surface area contributed by atoms with E-state index in [1.165, 1.54) is 12.0 Å². The van der Waals surface area contributed by atoms with Crippen molar-refractivity contribution in [3.63, 3.8) is 0 Å². The average Bonchev–Trinajstić information content (AvgIpc) is 3.29. The number of rotatable bonds is 6. The van der Waals surface area contributed by atoms with Gasteiger partial charge in [-0.1, -0.05) is 61.5 Å². The lowest BCUT2D eigenvalue weighted by molar-refractivity contribution is 0.253. The van der Waals surface area contributed by atoms with Crippen LogP contribution in [0.15, 0.2) is 72.9 Å². The average molecular weight is 449 g/mol. The van der Waals surface area contributed by atoms with Crippen molar-refractivity contribution in [3.8, 4) is 22.4 Å². The van der Waals surface area contributed by atoms with Gasteiger partial charge in [0.1, 0.15) is 0 Å². The van der Waals surface area contributed by atoms with Crippen molar-refractivity contribution in [3.05, 3.63) is 84.3 Å². The van der Waals surface area contributed by atoms with Crippen molar-refractivity contribution in [1.29, 1.82) is 0 Å². The molecule has 0 aliphatic heterocycles. The summed E-state index contributed by atoms with van der Waals surface area (Å²) in [6.07, 6.45) is 5.33. The molecule has 0 unspecified atom stereocenters. The Balaban J connectivity index is 1.52. The molecule has 6 heteroatoms. The summed E-state index contributed by atoms with van der Waals surface area (Å²) in [5, 5.41) is 13.3. The number of aromatic nitrogens is 4. The van der Waals surface area contributed by atoms with E-state index < -0.39 is 0 Å². The Labute approximate surface area is 198 Å². The summed E-state index contributed by atoms with van der Waals surface area (Å²) in [6.45, 7) is 3.65. The number of hydrogen-bond donors (Lipinski definition) is 2. The van der Waals surface area contributed by atoms with Gasteiger partial charge in [-0.3, -0.25) is 4.40 Å². The molecule has 1 fully saturated rings. The van der Waals surface area contributed by atoms with Gasteiger partial charge in [-0.2, -0.15) is 0 Å². The summed E-state index contributed by atoms with van der Waals surface area (Å²) < 4.78 is 2.05. The highest BCUT2D eigenvalue weighted by Crippen LogP contribution is 2.40. The molecular formula is C28H28N6. The van der Waals surface area contributed by atoms with Crippen LogP contribution in [0.4, 0.5) is 0 Å². The lowest BCUT2D eigenvalue weighted by Gasteiger charge is -2.38. The van der Waals surface area contributed by atoms with Gasteiger partial charge in [0.2, 0.25) is 0 Å². The Morgan fingerprint density at radius 2 is 1.76 bits per heavy atom. The second kappa shape index (κ2) is 8.31. The largest absolute Gasteiger partial charge is 0.321 e. The first-order valence-corrected chi connectivity index (χ1v) is 12.0. The zero-order valence-electron chi connectivity index (χ0n) is 19.3. The molecule has 170 valence electrons. The molecular weight excluding hydrogens is 420 g/mol. The minimum absolute atomic E-state index is 0.165. The first-order valence-electron chi connectivity index (χ1n) is 12.0. The molecule has 5 aromatic rings. The Morgan fingerprint density at radius 1 is 0.971 bits per heavy atom. The summed E-state index contributed by atoms with van der Waals surface area (Å²) in [5.74, 6) is 0.895. The van der Waals surface area contributed by atoms with Gasteiger partial charge in [-0.05, 0) is 49.1 Å². The van der Waals surface area contributed by atoms with Gasteiger partial charge in [0.15, 0.2) is 11.5 Å². The number of benzene rings is 2. The van der Waals surface area contributed by atoms with E-state index in [0.717, 1.165) is 64.1 Å². The monoisotopic (exact) mass is 448 g/mol. The van der Waals surface area contributed by atoms with Crippen molar-refractivity contribution >= 4 is 16.6 Å². The molecule has 0 bridgehead atoms. The number of pyridine rings is 2. The summed E-state index contributed by atoms with van der Waals surface area (Å²) in [6, 6.07) is 23.3. The summed E-state index contributed by atoms with van der Waals surface area (Å²) in [5.41, 5.74) is 13.6. The van der Waals surface area contributed by atoms with Crippen molar-refractivity contribution < 1.29 is 0 Å². The fraction of sp³-hybridized carbons (Fsp3) is 0.250. The lowest BCUT2D eigenvalue weighted by atomic mass is 9.72. The normalized spacial score (nSPS) is 15.0. The topological polar surface area (TPSA) is 81.1 Å². The number of nitrogens with two attached hydrogens (primary N) is 1. The van der Waals surface area contributed by atoms with Crippen LogP contribution in [0.2, 0.25) is 0 Å². The fourth-order valence-electron chi connectivity index (χ4n) is 4.86. The molecule has 0 amide bonds. The maximum atomic E-state index is 6.56. The first kappa shape index (κ1) is 21.0. The van der Waals surface area contributed by atoms with Gasteiger partial charge in [-0.25, -0.2) is 4.98 Å². The molecule has 3 aromatic heterocycles. The molecule has 6 rings (SSSR count). The third-order valence-corrected chi connectivity index (χ3v) is 7.04. The highest BCUT2D eigenvalue weighted by Gasteiger charge is 2.34. The first-order chi connectivity index (χ1) is 16.7. The minimum Gasteiger partial charge on any atom is -0.321 e. The highest BCUT2D eigenvalue weighted by molar-refractivity contribution is 5.98. The van der Waals surface area contributed by atoms with Crippen LogP contribution in [0.3, 0.4) is 0 Å². The minimum atomic E-state index is -0.165. The third kappa shape index (κ3) is 3.47. The number of hydrogen-bond acceptors (Lipinski definition) is 5. The van der Waals surface area contributed by atoms with Crippen LogP contribution in [-0.2, 0) is 12.1 Å². The zero-order valence-corrected chi connectivity index (χ0v) is 19.3. The summed E-state index contributed by atoms with van der Waals surface area (Å²) in [7, 11) is 0. The Kier molecular flexibility index (Phi) is 5.12. The SMILES string of the molecule is CCNCc1nnc2c3cc(-c4ccccc4)c(-c4ccc(C5(N)CCC5)cc4)nc3ccn12. The van der Waals surface area contributed by atoms with E-state index in [1.807, 2.05) is 12.3 Å². The molecule has 3 N–H and O–H groups in total. The molecule has 0 spiro atoms. The quantitative estimate of drug-likeness (QED) is 0.380. The van der Waals surface area contributed by atoms with E-state index in [1.54, 1.807) is 0 Å². The number of nitrogens with one attached hydrogen (secondary N) is 1. The predicted molar refractivity (Wildman–Crippen MR) is 136 cm³/mol. The van der Waals surface area contributed by atoms with Gasteiger partial charge < -0.3 is 11.1 Å². The van der Waals surface area contributed by atoms with Crippen LogP contribution in [-0.4, -0.2) is 26.1 Å². The van der Waals surface area contributed by atoms with Gasteiger partial charge in [-0.15, -0.1) is 10.2 Å². The second-order valence-corrected chi connectivity index (χ2v) is 9.18. The zero-order chi connectivity index (χ0) is 23.1. The van der Waals surface area contributed by atoms with Crippen molar-refractivity contribution in [2.24, 2.45) is 5.73 Å². The summed E-state index contributed by atoms with van der Waals surface area (Å²) in [4.78, 5) is 5.14. The molecule has 1 aliphatic carbocycles. The van der Waals surface area contributed by atoms with Crippen molar-refractivity contribution in [2.45, 2.75) is 38.3 Å². The molecule has 34 heavy (non-hydrogen) atoms. The molecule has 3 heterocycles. The highest BCUT2D eigenvalue weighted by atomic mass is 15.3. The lowest BCUT2D eigenvalue weighted by Crippen LogP contribution is -2.43. The van der Waals surface area contributed by atoms with Crippen LogP contribution in [0.5, 0.6) is 0 Å². The van der Waals surface area contributed by atoms with Gasteiger partial charge in [0.25, 0.3) is 0 Å². The Bertz CT molecular complexity index is 1470. The van der Waals surface area contributed by atoms with E-state index in [9.17, 15) is 0 Å². The third-order valence-electron chi connectivity index (χ3n) is 7.04. The van der Waals surface area contributed by atoms with Crippen LogP contribution >= 0.6 is 0 Å². The molecule has 0 saturated heterocycles. The molecule has 0 atom stereocenters. The number of fused-ring (bicyclic) bond motifs is 3. The fourth-order valence-corrected chi connectivity index (χ4v) is 4.86. The molecule has 2 aromatic carbocycles. The van der Waals surface area contributed by atoms with E-state index in [0.29, 0.717) is 6.54 Å². The molecule has 1 saturated carbocycles. The second-order valence-electron chi connectivity index (χ2n) is 9.18. The van der Waals surface area contributed by atoms with Crippen molar-refractivity contribution in [2.75, 3.05) is 6.54 Å². The van der Waals surface area contributed by atoms with E-state index in [-0.39, 0.29) is 5.54 Å². The van der Waals surface area contributed by atoms with Gasteiger partial charge in [0, 0.05) is 28.2 Å². The van der Waals surface area contributed by atoms with E-state index >= 15 is 0 Å². The van der Waals surface area contributed by atoms with Crippen LogP contribution in [0, 0.1) is 0 Å². The van der Waals surface area contributed by atoms with Crippen LogP contribution in [0.1, 0.15) is 37.6 Å². The maximum Gasteiger partial charge on any atom is 0.170 e. The van der Waals surface area contributed by atoms with Gasteiger partial charge >= 0.3 is 0 Å². The van der Waals surface area contributed by atoms with E-state index in [2.05, 4.69) is 87.5 Å². The molecule has 0 radical (unpaired) electrons. The predicted octanol–water partition coefficient (Wildman–Crippen LogP) is 5.06. The van der Waals surface area contributed by atoms with Crippen LogP contribution < -0.4 is 11.1 Å².